The van der Waals surface area contributed by atoms with Crippen LogP contribution in [0.15, 0.2) is 18.2 Å². The molecular weight excluding hydrogens is 290 g/mol. The molecule has 0 atom stereocenters. The lowest BCUT2D eigenvalue weighted by atomic mass is 10.1. The Kier molecular flexibility index (Phi) is 4.55. The van der Waals surface area contributed by atoms with Gasteiger partial charge in [0.05, 0.1) is 5.56 Å². The van der Waals surface area contributed by atoms with E-state index in [2.05, 4.69) is 15.5 Å². The smallest absolute Gasteiger partial charge is 0.253 e. The minimum absolute atomic E-state index is 0.0324. The Morgan fingerprint density at radius 1 is 1.17 bits per heavy atom. The van der Waals surface area contributed by atoms with Crippen molar-refractivity contribution in [2.24, 2.45) is 5.92 Å². The average Bonchev–Trinajstić information content (AvgIpc) is 3.16. The van der Waals surface area contributed by atoms with Gasteiger partial charge in [0, 0.05) is 36.4 Å². The first-order valence-electron chi connectivity index (χ1n) is 8.55. The minimum atomic E-state index is -0.0861. The highest BCUT2D eigenvalue weighted by atomic mass is 16.2. The first-order chi connectivity index (χ1) is 11.0. The van der Waals surface area contributed by atoms with E-state index in [0.29, 0.717) is 17.3 Å². The molecule has 0 spiro atoms. The molecule has 1 aromatic carbocycles. The summed E-state index contributed by atoms with van der Waals surface area (Å²) in [7, 11) is 0. The second kappa shape index (κ2) is 6.60. The molecule has 5 nitrogen and oxygen atoms in total. The molecule has 1 saturated carbocycles. The number of carbonyl (C=O) groups excluding carboxylic acids is 2. The number of nitrogens with zero attached hydrogens (tertiary/aromatic N) is 1. The van der Waals surface area contributed by atoms with Gasteiger partial charge in [-0.1, -0.05) is 13.8 Å². The maximum atomic E-state index is 12.6. The third kappa shape index (κ3) is 3.84. The average molecular weight is 315 g/mol. The first-order valence-corrected chi connectivity index (χ1v) is 8.55. The van der Waals surface area contributed by atoms with Gasteiger partial charge < -0.3 is 15.5 Å². The van der Waals surface area contributed by atoms with Gasteiger partial charge in [-0.25, -0.2) is 0 Å². The van der Waals surface area contributed by atoms with Crippen molar-refractivity contribution in [3.63, 3.8) is 0 Å². The standard InChI is InChI=1S/C18H25N3O2/c1-12(2)17(22)20-14-7-8-16(21-9-3-4-10-21)15(11-14)18(23)19-13-5-6-13/h7-8,11-13H,3-6,9-10H2,1-2H3,(H,19,23)(H,20,22). The van der Waals surface area contributed by atoms with Crippen LogP contribution in [0.25, 0.3) is 0 Å². The molecule has 0 bridgehead atoms. The molecule has 1 aliphatic carbocycles. The largest absolute Gasteiger partial charge is 0.371 e. The summed E-state index contributed by atoms with van der Waals surface area (Å²) in [5, 5.41) is 5.94. The van der Waals surface area contributed by atoms with Crippen LogP contribution < -0.4 is 15.5 Å². The van der Waals surface area contributed by atoms with Crippen LogP contribution in [0.5, 0.6) is 0 Å². The van der Waals surface area contributed by atoms with Gasteiger partial charge in [0.2, 0.25) is 5.91 Å². The lowest BCUT2D eigenvalue weighted by Gasteiger charge is -2.22. The molecular formula is C18H25N3O2. The number of carbonyl (C=O) groups is 2. The topological polar surface area (TPSA) is 61.4 Å². The van der Waals surface area contributed by atoms with Crippen LogP contribution in [0.4, 0.5) is 11.4 Å². The van der Waals surface area contributed by atoms with E-state index in [-0.39, 0.29) is 17.7 Å². The summed E-state index contributed by atoms with van der Waals surface area (Å²) in [5.41, 5.74) is 2.33. The fourth-order valence-corrected chi connectivity index (χ4v) is 2.81. The van der Waals surface area contributed by atoms with Crippen LogP contribution in [-0.2, 0) is 4.79 Å². The monoisotopic (exact) mass is 315 g/mol. The van der Waals surface area contributed by atoms with E-state index in [9.17, 15) is 9.59 Å². The highest BCUT2D eigenvalue weighted by Crippen LogP contribution is 2.29. The molecule has 2 amide bonds. The fraction of sp³-hybridized carbons (Fsp3) is 0.556. The van der Waals surface area contributed by atoms with Crippen LogP contribution in [-0.4, -0.2) is 30.9 Å². The summed E-state index contributed by atoms with van der Waals surface area (Å²) >= 11 is 0. The van der Waals surface area contributed by atoms with Gasteiger partial charge in [0.15, 0.2) is 0 Å². The van der Waals surface area contributed by atoms with E-state index in [1.165, 1.54) is 0 Å². The van der Waals surface area contributed by atoms with Crippen LogP contribution in [0.1, 0.15) is 49.9 Å². The van der Waals surface area contributed by atoms with E-state index >= 15 is 0 Å². The highest BCUT2D eigenvalue weighted by Gasteiger charge is 2.26. The van der Waals surface area contributed by atoms with Gasteiger partial charge >= 0.3 is 0 Å². The number of hydrogen-bond donors (Lipinski definition) is 2. The van der Waals surface area contributed by atoms with E-state index in [4.69, 9.17) is 0 Å². The molecule has 2 aliphatic rings. The molecule has 3 rings (SSSR count). The first kappa shape index (κ1) is 15.8. The predicted octanol–water partition coefficient (Wildman–Crippen LogP) is 2.77. The van der Waals surface area contributed by atoms with Crippen molar-refractivity contribution in [1.82, 2.24) is 5.32 Å². The van der Waals surface area contributed by atoms with Gasteiger partial charge in [-0.3, -0.25) is 9.59 Å². The minimum Gasteiger partial charge on any atom is -0.371 e. The quantitative estimate of drug-likeness (QED) is 0.878. The molecule has 0 unspecified atom stereocenters. The molecule has 2 N–H and O–H groups in total. The Morgan fingerprint density at radius 2 is 1.87 bits per heavy atom. The molecule has 1 heterocycles. The molecule has 2 fully saturated rings. The summed E-state index contributed by atoms with van der Waals surface area (Å²) in [5.74, 6) is -0.153. The van der Waals surface area contributed by atoms with Gasteiger partial charge in [-0.15, -0.1) is 0 Å². The van der Waals surface area contributed by atoms with Gasteiger partial charge in [-0.2, -0.15) is 0 Å². The highest BCUT2D eigenvalue weighted by molar-refractivity contribution is 6.02. The van der Waals surface area contributed by atoms with E-state index in [0.717, 1.165) is 44.5 Å². The maximum absolute atomic E-state index is 12.6. The molecule has 5 heteroatoms. The van der Waals surface area contributed by atoms with Crippen molar-refractivity contribution < 1.29 is 9.59 Å². The second-order valence-electron chi connectivity index (χ2n) is 6.82. The number of rotatable bonds is 5. The van der Waals surface area contributed by atoms with Crippen LogP contribution >= 0.6 is 0 Å². The molecule has 1 aromatic rings. The molecule has 124 valence electrons. The number of amides is 2. The second-order valence-corrected chi connectivity index (χ2v) is 6.82. The zero-order valence-electron chi connectivity index (χ0n) is 13.9. The van der Waals surface area contributed by atoms with Gasteiger partial charge in [0.25, 0.3) is 5.91 Å². The normalized spacial score (nSPS) is 17.4. The zero-order chi connectivity index (χ0) is 16.4. The predicted molar refractivity (Wildman–Crippen MR) is 91.8 cm³/mol. The molecule has 23 heavy (non-hydrogen) atoms. The number of nitrogens with one attached hydrogen (secondary N) is 2. The molecule has 0 aromatic heterocycles. The summed E-state index contributed by atoms with van der Waals surface area (Å²) in [4.78, 5) is 26.8. The van der Waals surface area contributed by atoms with Crippen LogP contribution in [0.3, 0.4) is 0 Å². The zero-order valence-corrected chi connectivity index (χ0v) is 13.9. The SMILES string of the molecule is CC(C)C(=O)Nc1ccc(N2CCCC2)c(C(=O)NC2CC2)c1. The van der Waals surface area contributed by atoms with Crippen molar-refractivity contribution in [3.05, 3.63) is 23.8 Å². The van der Waals surface area contributed by atoms with Crippen molar-refractivity contribution in [2.45, 2.75) is 45.6 Å². The number of hydrogen-bond acceptors (Lipinski definition) is 3. The molecule has 0 radical (unpaired) electrons. The lowest BCUT2D eigenvalue weighted by molar-refractivity contribution is -0.118. The third-order valence-electron chi connectivity index (χ3n) is 4.39. The van der Waals surface area contributed by atoms with Crippen LogP contribution in [0.2, 0.25) is 0 Å². The van der Waals surface area contributed by atoms with E-state index < -0.39 is 0 Å². The Hall–Kier alpha value is -2.04. The maximum Gasteiger partial charge on any atom is 0.253 e. The lowest BCUT2D eigenvalue weighted by Crippen LogP contribution is -2.29. The molecule has 1 aliphatic heterocycles. The van der Waals surface area contributed by atoms with E-state index in [1.54, 1.807) is 0 Å². The van der Waals surface area contributed by atoms with Crippen molar-refractivity contribution >= 4 is 23.2 Å². The summed E-state index contributed by atoms with van der Waals surface area (Å²) in [6.07, 6.45) is 4.45. The number of anilines is 2. The summed E-state index contributed by atoms with van der Waals surface area (Å²) < 4.78 is 0. The Balaban J connectivity index is 1.86. The third-order valence-corrected chi connectivity index (χ3v) is 4.39. The molecule has 1 saturated heterocycles. The van der Waals surface area contributed by atoms with Crippen LogP contribution in [0, 0.1) is 5.92 Å². The van der Waals surface area contributed by atoms with E-state index in [1.807, 2.05) is 32.0 Å². The summed E-state index contributed by atoms with van der Waals surface area (Å²) in [6.45, 7) is 5.69. The van der Waals surface area contributed by atoms with Crippen molar-refractivity contribution in [3.8, 4) is 0 Å². The fourth-order valence-electron chi connectivity index (χ4n) is 2.81. The van der Waals surface area contributed by atoms with Gasteiger partial charge in [0.1, 0.15) is 0 Å². The Bertz CT molecular complexity index is 602. The van der Waals surface area contributed by atoms with Crippen molar-refractivity contribution in [2.75, 3.05) is 23.3 Å². The Morgan fingerprint density at radius 3 is 2.48 bits per heavy atom. The number of benzene rings is 1. The summed E-state index contributed by atoms with van der Waals surface area (Å²) in [6, 6.07) is 5.99. The Labute approximate surface area is 137 Å². The van der Waals surface area contributed by atoms with Crippen molar-refractivity contribution in [1.29, 1.82) is 0 Å². The van der Waals surface area contributed by atoms with Gasteiger partial charge in [-0.05, 0) is 43.9 Å².